The van der Waals surface area contributed by atoms with E-state index in [1.54, 1.807) is 19.9 Å². The van der Waals surface area contributed by atoms with Crippen LogP contribution in [0.1, 0.15) is 13.8 Å². The molecule has 51 valence electrons. The molecule has 0 amide bonds. The van der Waals surface area contributed by atoms with Crippen molar-refractivity contribution in [2.24, 2.45) is 0 Å². The highest BCUT2D eigenvalue weighted by atomic mass is 16.5. The number of rotatable bonds is 3. The second-order valence-corrected chi connectivity index (χ2v) is 1.89. The SMILES string of the molecule is C=CCOC(=O)[C](C)C. The molecular formula is C7H11O2. The molecule has 0 aliphatic heterocycles. The van der Waals surface area contributed by atoms with Crippen LogP contribution in [0.15, 0.2) is 12.7 Å². The lowest BCUT2D eigenvalue weighted by atomic mass is 10.2. The summed E-state index contributed by atoms with van der Waals surface area (Å²) in [6.07, 6.45) is 1.54. The fraction of sp³-hybridized carbons (Fsp3) is 0.429. The van der Waals surface area contributed by atoms with Gasteiger partial charge in [-0.25, -0.2) is 0 Å². The van der Waals surface area contributed by atoms with E-state index in [-0.39, 0.29) is 5.97 Å². The molecule has 0 aliphatic rings. The minimum atomic E-state index is -0.255. The Kier molecular flexibility index (Phi) is 3.76. The van der Waals surface area contributed by atoms with Crippen LogP contribution in [0.4, 0.5) is 0 Å². The third-order valence-electron chi connectivity index (χ3n) is 0.741. The van der Waals surface area contributed by atoms with E-state index in [0.29, 0.717) is 12.5 Å². The zero-order chi connectivity index (χ0) is 7.28. The van der Waals surface area contributed by atoms with Crippen molar-refractivity contribution < 1.29 is 9.53 Å². The third kappa shape index (κ3) is 3.76. The van der Waals surface area contributed by atoms with E-state index in [1.165, 1.54) is 0 Å². The number of esters is 1. The van der Waals surface area contributed by atoms with Gasteiger partial charge in [0.15, 0.2) is 0 Å². The molecule has 0 aromatic rings. The first-order valence-electron chi connectivity index (χ1n) is 2.76. The number of carbonyl (C=O) groups is 1. The molecule has 2 nitrogen and oxygen atoms in total. The molecular weight excluding hydrogens is 116 g/mol. The summed E-state index contributed by atoms with van der Waals surface area (Å²) in [7, 11) is 0. The van der Waals surface area contributed by atoms with Crippen molar-refractivity contribution in [3.05, 3.63) is 18.6 Å². The predicted octanol–water partition coefficient (Wildman–Crippen LogP) is 1.33. The van der Waals surface area contributed by atoms with Crippen molar-refractivity contribution in [2.75, 3.05) is 6.61 Å². The normalized spacial score (nSPS) is 9.22. The van der Waals surface area contributed by atoms with E-state index in [2.05, 4.69) is 11.3 Å². The topological polar surface area (TPSA) is 26.3 Å². The van der Waals surface area contributed by atoms with Crippen molar-refractivity contribution in [1.82, 2.24) is 0 Å². The first-order chi connectivity index (χ1) is 4.18. The summed E-state index contributed by atoms with van der Waals surface area (Å²) in [5.74, 6) is 0.409. The Morgan fingerprint density at radius 2 is 2.22 bits per heavy atom. The van der Waals surface area contributed by atoms with Gasteiger partial charge in [-0.2, -0.15) is 0 Å². The van der Waals surface area contributed by atoms with Gasteiger partial charge in [-0.1, -0.05) is 12.7 Å². The maximum Gasteiger partial charge on any atom is 0.312 e. The number of ether oxygens (including phenoxy) is 1. The quantitative estimate of drug-likeness (QED) is 0.422. The van der Waals surface area contributed by atoms with Gasteiger partial charge < -0.3 is 4.74 Å². The average molecular weight is 127 g/mol. The standard InChI is InChI=1S/C7H11O2/c1-4-5-9-7(8)6(2)3/h4H,1,5H2,2-3H3. The largest absolute Gasteiger partial charge is 0.461 e. The lowest BCUT2D eigenvalue weighted by Crippen LogP contribution is -2.09. The van der Waals surface area contributed by atoms with Gasteiger partial charge >= 0.3 is 5.97 Å². The Hall–Kier alpha value is -0.790. The van der Waals surface area contributed by atoms with Gasteiger partial charge in [0, 0.05) is 0 Å². The molecule has 0 heterocycles. The summed E-state index contributed by atoms with van der Waals surface area (Å²) in [4.78, 5) is 10.6. The number of hydrogen-bond acceptors (Lipinski definition) is 2. The Balaban J connectivity index is 3.38. The monoisotopic (exact) mass is 127 g/mol. The van der Waals surface area contributed by atoms with Gasteiger partial charge in [-0.3, -0.25) is 4.79 Å². The van der Waals surface area contributed by atoms with Crippen LogP contribution in [-0.4, -0.2) is 12.6 Å². The molecule has 0 fully saturated rings. The third-order valence-corrected chi connectivity index (χ3v) is 0.741. The van der Waals surface area contributed by atoms with Crippen LogP contribution in [0.2, 0.25) is 0 Å². The molecule has 0 unspecified atom stereocenters. The average Bonchev–Trinajstić information content (AvgIpc) is 1.82. The molecule has 0 aromatic carbocycles. The Labute approximate surface area is 55.5 Å². The highest BCUT2D eigenvalue weighted by Crippen LogP contribution is 1.97. The van der Waals surface area contributed by atoms with E-state index in [9.17, 15) is 4.79 Å². The lowest BCUT2D eigenvalue weighted by Gasteiger charge is -2.01. The molecule has 0 spiro atoms. The Bertz CT molecular complexity index is 105. The summed E-state index contributed by atoms with van der Waals surface area (Å²) in [5, 5.41) is 0. The number of carbonyl (C=O) groups excluding carboxylic acids is 1. The zero-order valence-corrected chi connectivity index (χ0v) is 5.81. The highest BCUT2D eigenvalue weighted by molar-refractivity contribution is 5.83. The molecule has 0 aliphatic carbocycles. The van der Waals surface area contributed by atoms with E-state index in [0.717, 1.165) is 0 Å². The molecule has 0 saturated carbocycles. The van der Waals surface area contributed by atoms with Crippen LogP contribution in [0.3, 0.4) is 0 Å². The van der Waals surface area contributed by atoms with Crippen LogP contribution in [-0.2, 0) is 9.53 Å². The van der Waals surface area contributed by atoms with E-state index >= 15 is 0 Å². The Morgan fingerprint density at radius 1 is 1.67 bits per heavy atom. The van der Waals surface area contributed by atoms with Crippen molar-refractivity contribution in [1.29, 1.82) is 0 Å². The van der Waals surface area contributed by atoms with E-state index in [1.807, 2.05) is 0 Å². The smallest absolute Gasteiger partial charge is 0.312 e. The van der Waals surface area contributed by atoms with Crippen molar-refractivity contribution >= 4 is 5.97 Å². The van der Waals surface area contributed by atoms with Crippen LogP contribution in [0, 0.1) is 5.92 Å². The minimum absolute atomic E-state index is 0.255. The summed E-state index contributed by atoms with van der Waals surface area (Å²) in [5.41, 5.74) is 0. The van der Waals surface area contributed by atoms with Crippen molar-refractivity contribution in [2.45, 2.75) is 13.8 Å². The van der Waals surface area contributed by atoms with Gasteiger partial charge in [0.2, 0.25) is 0 Å². The molecule has 0 N–H and O–H groups in total. The molecule has 0 aromatic heterocycles. The molecule has 0 rings (SSSR count). The predicted molar refractivity (Wildman–Crippen MR) is 35.7 cm³/mol. The summed E-state index contributed by atoms with van der Waals surface area (Å²) in [6.45, 7) is 7.13. The van der Waals surface area contributed by atoms with E-state index < -0.39 is 0 Å². The second-order valence-electron chi connectivity index (χ2n) is 1.89. The van der Waals surface area contributed by atoms with Gasteiger partial charge in [0.1, 0.15) is 6.61 Å². The molecule has 0 atom stereocenters. The van der Waals surface area contributed by atoms with Crippen molar-refractivity contribution in [3.8, 4) is 0 Å². The number of hydrogen-bond donors (Lipinski definition) is 0. The molecule has 0 saturated heterocycles. The van der Waals surface area contributed by atoms with Crippen LogP contribution in [0.25, 0.3) is 0 Å². The maximum atomic E-state index is 10.6. The molecule has 1 radical (unpaired) electrons. The summed E-state index contributed by atoms with van der Waals surface area (Å²) in [6, 6.07) is 0. The van der Waals surface area contributed by atoms with Crippen LogP contribution >= 0.6 is 0 Å². The first-order valence-corrected chi connectivity index (χ1v) is 2.76. The minimum Gasteiger partial charge on any atom is -0.461 e. The molecule has 2 heteroatoms. The summed E-state index contributed by atoms with van der Waals surface area (Å²) >= 11 is 0. The van der Waals surface area contributed by atoms with Gasteiger partial charge in [0.05, 0.1) is 5.92 Å². The van der Waals surface area contributed by atoms with Gasteiger partial charge in [-0.05, 0) is 13.8 Å². The maximum absolute atomic E-state index is 10.6. The Morgan fingerprint density at radius 3 is 2.56 bits per heavy atom. The zero-order valence-electron chi connectivity index (χ0n) is 5.81. The first kappa shape index (κ1) is 8.21. The molecule has 9 heavy (non-hydrogen) atoms. The van der Waals surface area contributed by atoms with E-state index in [4.69, 9.17) is 0 Å². The summed E-state index contributed by atoms with van der Waals surface area (Å²) < 4.78 is 4.66. The fourth-order valence-electron chi connectivity index (χ4n) is 0.279. The van der Waals surface area contributed by atoms with Crippen LogP contribution in [0.5, 0.6) is 0 Å². The van der Waals surface area contributed by atoms with Crippen LogP contribution < -0.4 is 0 Å². The van der Waals surface area contributed by atoms with Crippen molar-refractivity contribution in [3.63, 3.8) is 0 Å². The van der Waals surface area contributed by atoms with Gasteiger partial charge in [0.25, 0.3) is 0 Å². The van der Waals surface area contributed by atoms with Gasteiger partial charge in [-0.15, -0.1) is 0 Å². The fourth-order valence-corrected chi connectivity index (χ4v) is 0.279. The highest BCUT2D eigenvalue weighted by Gasteiger charge is 2.06. The second kappa shape index (κ2) is 4.13. The lowest BCUT2D eigenvalue weighted by molar-refractivity contribution is -0.139. The molecule has 0 bridgehead atoms.